The maximum Gasteiger partial charge on any atom is 0.407 e. The Morgan fingerprint density at radius 3 is 2.67 bits per heavy atom. The molecule has 0 aromatic carbocycles. The van der Waals surface area contributed by atoms with Crippen molar-refractivity contribution in [1.29, 1.82) is 0 Å². The van der Waals surface area contributed by atoms with Gasteiger partial charge in [-0.2, -0.15) is 0 Å². The number of carbonyl (C=O) groups excluding carboxylic acids is 1. The first kappa shape index (κ1) is 12.3. The molecule has 4 heteroatoms. The fourth-order valence-electron chi connectivity index (χ4n) is 1.08. The number of alkyl carbamates (subject to hydrolysis) is 1. The first-order chi connectivity index (χ1) is 7.36. The van der Waals surface area contributed by atoms with Gasteiger partial charge in [0.05, 0.1) is 12.6 Å². The van der Waals surface area contributed by atoms with E-state index in [1.807, 2.05) is 13.8 Å². The van der Waals surface area contributed by atoms with Crippen LogP contribution < -0.4 is 5.32 Å². The Balaban J connectivity index is 4.21. The number of amides is 1. The molecule has 0 rings (SSSR count). The molecule has 15 heavy (non-hydrogen) atoms. The van der Waals surface area contributed by atoms with E-state index in [-0.39, 0.29) is 25.5 Å². The minimum Gasteiger partial charge on any atom is -0.444 e. The van der Waals surface area contributed by atoms with Crippen LogP contribution in [0.5, 0.6) is 0 Å². The zero-order valence-electron chi connectivity index (χ0n) is 11.0. The fraction of sp³-hybridized carbons (Fsp3) is 0.909. The van der Waals surface area contributed by atoms with Crippen LogP contribution in [0.2, 0.25) is 0 Å². The van der Waals surface area contributed by atoms with Gasteiger partial charge in [-0.1, -0.05) is 20.3 Å². The van der Waals surface area contributed by atoms with Crippen LogP contribution in [-0.2, 0) is 4.74 Å². The van der Waals surface area contributed by atoms with Crippen LogP contribution in [0.3, 0.4) is 0 Å². The number of nitrogens with one attached hydrogen (secondary N) is 1. The van der Waals surface area contributed by atoms with E-state index in [4.69, 9.17) is 11.2 Å². The predicted molar refractivity (Wildman–Crippen MR) is 59.7 cm³/mol. The van der Waals surface area contributed by atoms with Crippen molar-refractivity contribution in [3.8, 4) is 0 Å². The highest BCUT2D eigenvalue weighted by Crippen LogP contribution is 2.10. The molecule has 0 aliphatic heterocycles. The van der Waals surface area contributed by atoms with Crippen molar-refractivity contribution in [3.05, 3.63) is 0 Å². The molecule has 4 nitrogen and oxygen atoms in total. The smallest absolute Gasteiger partial charge is 0.407 e. The van der Waals surface area contributed by atoms with E-state index >= 15 is 0 Å². The molecule has 0 saturated heterocycles. The summed E-state index contributed by atoms with van der Waals surface area (Å²) in [7, 11) is 0. The Bertz CT molecular complexity index is 221. The quantitative estimate of drug-likeness (QED) is 0.758. The summed E-state index contributed by atoms with van der Waals surface area (Å²) in [5.74, 6) is 0.191. The van der Waals surface area contributed by atoms with E-state index in [1.165, 1.54) is 0 Å². The highest BCUT2D eigenvalue weighted by atomic mass is 16.6. The van der Waals surface area contributed by atoms with Gasteiger partial charge in [-0.05, 0) is 26.7 Å². The predicted octanol–water partition coefficient (Wildman–Crippen LogP) is 1.92. The van der Waals surface area contributed by atoms with E-state index in [2.05, 4.69) is 5.32 Å². The van der Waals surface area contributed by atoms with Gasteiger partial charge >= 0.3 is 6.09 Å². The Morgan fingerprint density at radius 2 is 2.27 bits per heavy atom. The lowest BCUT2D eigenvalue weighted by molar-refractivity contribution is 0.0457. The van der Waals surface area contributed by atoms with E-state index < -0.39 is 11.7 Å². The Kier molecular flexibility index (Phi) is 4.88. The second-order valence-corrected chi connectivity index (χ2v) is 4.47. The lowest BCUT2D eigenvalue weighted by atomic mass is 10.0. The molecule has 0 aliphatic carbocycles. The van der Waals surface area contributed by atoms with Crippen LogP contribution >= 0.6 is 0 Å². The van der Waals surface area contributed by atoms with Crippen LogP contribution in [0.25, 0.3) is 0 Å². The SMILES string of the molecule is [2H]CC(C)(C)OC(=O)N[C@H](CO)[C@@H](C)CC. The Morgan fingerprint density at radius 1 is 1.67 bits per heavy atom. The molecule has 0 saturated carbocycles. The fourth-order valence-corrected chi connectivity index (χ4v) is 1.08. The summed E-state index contributed by atoms with van der Waals surface area (Å²) < 4.78 is 12.3. The Hall–Kier alpha value is -0.770. The summed E-state index contributed by atoms with van der Waals surface area (Å²) in [5.41, 5.74) is -0.792. The maximum absolute atomic E-state index is 11.5. The van der Waals surface area contributed by atoms with Gasteiger partial charge < -0.3 is 15.2 Å². The van der Waals surface area contributed by atoms with Gasteiger partial charge in [-0.15, -0.1) is 0 Å². The lowest BCUT2D eigenvalue weighted by Crippen LogP contribution is -2.44. The molecular formula is C11H23NO3. The van der Waals surface area contributed by atoms with E-state index in [9.17, 15) is 4.79 Å². The monoisotopic (exact) mass is 218 g/mol. The highest BCUT2D eigenvalue weighted by molar-refractivity contribution is 5.68. The van der Waals surface area contributed by atoms with Gasteiger partial charge in [0.15, 0.2) is 0 Å². The van der Waals surface area contributed by atoms with Crippen molar-refractivity contribution in [2.45, 2.75) is 52.7 Å². The molecule has 0 heterocycles. The normalized spacial score (nSPS) is 16.5. The second-order valence-electron chi connectivity index (χ2n) is 4.47. The minimum atomic E-state index is -0.792. The highest BCUT2D eigenvalue weighted by Gasteiger charge is 2.21. The molecular weight excluding hydrogens is 194 g/mol. The van der Waals surface area contributed by atoms with E-state index in [1.54, 1.807) is 13.8 Å². The molecule has 0 spiro atoms. The topological polar surface area (TPSA) is 58.6 Å². The summed E-state index contributed by atoms with van der Waals surface area (Å²) in [6, 6.07) is -0.293. The van der Waals surface area contributed by atoms with Gasteiger partial charge in [0.1, 0.15) is 5.60 Å². The lowest BCUT2D eigenvalue weighted by Gasteiger charge is -2.25. The van der Waals surface area contributed by atoms with Crippen LogP contribution in [0.4, 0.5) is 4.79 Å². The molecule has 2 N–H and O–H groups in total. The van der Waals surface area contributed by atoms with Crippen LogP contribution in [-0.4, -0.2) is 29.4 Å². The second kappa shape index (κ2) is 5.95. The number of ether oxygens (including phenoxy) is 1. The molecule has 0 aromatic rings. The summed E-state index contributed by atoms with van der Waals surface area (Å²) in [5, 5.41) is 11.7. The number of hydrogen-bond donors (Lipinski definition) is 2. The molecule has 1 amide bonds. The number of carbonyl (C=O) groups is 1. The summed E-state index contributed by atoms with van der Waals surface area (Å²) in [6.45, 7) is 7.21. The molecule has 0 radical (unpaired) electrons. The molecule has 0 unspecified atom stereocenters. The van der Waals surface area contributed by atoms with Gasteiger partial charge in [0.25, 0.3) is 0 Å². The molecule has 0 aliphatic rings. The maximum atomic E-state index is 11.5. The Labute approximate surface area is 93.4 Å². The van der Waals surface area contributed by atoms with Gasteiger partial charge in [-0.3, -0.25) is 0 Å². The van der Waals surface area contributed by atoms with Crippen LogP contribution in [0.1, 0.15) is 42.4 Å². The third-order valence-corrected chi connectivity index (χ3v) is 2.20. The van der Waals surface area contributed by atoms with Crippen molar-refractivity contribution in [1.82, 2.24) is 5.32 Å². The van der Waals surface area contributed by atoms with Crippen LogP contribution in [0, 0.1) is 5.92 Å². The molecule has 90 valence electrons. The summed E-state index contributed by atoms with van der Waals surface area (Å²) >= 11 is 0. The molecule has 0 bridgehead atoms. The van der Waals surface area contributed by atoms with Gasteiger partial charge in [0, 0.05) is 1.37 Å². The van der Waals surface area contributed by atoms with Crippen molar-refractivity contribution in [2.75, 3.05) is 6.61 Å². The van der Waals surface area contributed by atoms with Crippen LogP contribution in [0.15, 0.2) is 0 Å². The minimum absolute atomic E-state index is 0.00748. The molecule has 0 aromatic heterocycles. The average molecular weight is 218 g/mol. The largest absolute Gasteiger partial charge is 0.444 e. The first-order valence-corrected chi connectivity index (χ1v) is 5.26. The number of hydrogen-bond acceptors (Lipinski definition) is 3. The third kappa shape index (κ3) is 6.33. The zero-order valence-corrected chi connectivity index (χ0v) is 10.0. The van der Waals surface area contributed by atoms with Crippen molar-refractivity contribution in [2.24, 2.45) is 5.92 Å². The number of aliphatic hydroxyl groups excluding tert-OH is 1. The number of aliphatic hydroxyl groups is 1. The average Bonchev–Trinajstić information content (AvgIpc) is 2.24. The third-order valence-electron chi connectivity index (χ3n) is 2.20. The van der Waals surface area contributed by atoms with Crippen molar-refractivity contribution in [3.63, 3.8) is 0 Å². The van der Waals surface area contributed by atoms with E-state index in [0.29, 0.717) is 0 Å². The zero-order chi connectivity index (χ0) is 12.8. The van der Waals surface area contributed by atoms with E-state index in [0.717, 1.165) is 6.42 Å². The van der Waals surface area contributed by atoms with Crippen molar-refractivity contribution >= 4 is 6.09 Å². The standard InChI is InChI=1S/C11H23NO3/c1-6-8(2)9(7-13)12-10(14)15-11(3,4)5/h8-9,13H,6-7H2,1-5H3,(H,12,14)/t8-,9+/m0/s1/i3D. The summed E-state index contributed by atoms with van der Waals surface area (Å²) in [4.78, 5) is 11.5. The van der Waals surface area contributed by atoms with Gasteiger partial charge in [0.2, 0.25) is 0 Å². The molecule has 2 atom stereocenters. The number of rotatable bonds is 4. The first-order valence-electron chi connectivity index (χ1n) is 5.96. The van der Waals surface area contributed by atoms with Gasteiger partial charge in [-0.25, -0.2) is 4.79 Å². The molecule has 0 fully saturated rings. The van der Waals surface area contributed by atoms with Crippen molar-refractivity contribution < 1.29 is 16.0 Å². The summed E-state index contributed by atoms with van der Waals surface area (Å²) in [6.07, 6.45) is 0.296.